The van der Waals surface area contributed by atoms with Crippen LogP contribution in [0, 0.1) is 5.92 Å². The lowest BCUT2D eigenvalue weighted by molar-refractivity contribution is -0.139. The summed E-state index contributed by atoms with van der Waals surface area (Å²) in [4.78, 5) is 0. The van der Waals surface area contributed by atoms with Gasteiger partial charge in [0.2, 0.25) is 0 Å². The third-order valence-corrected chi connectivity index (χ3v) is 2.56. The number of hydrogen-bond acceptors (Lipinski definition) is 2. The minimum absolute atomic E-state index is 0.0712. The van der Waals surface area contributed by atoms with Gasteiger partial charge >= 0.3 is 6.18 Å². The first-order chi connectivity index (χ1) is 7.71. The summed E-state index contributed by atoms with van der Waals surface area (Å²) in [7, 11) is 0. The molecule has 0 radical (unpaired) electrons. The predicted molar refractivity (Wildman–Crippen MR) is 60.8 cm³/mol. The minimum atomic E-state index is -4.46. The van der Waals surface area contributed by atoms with Crippen LogP contribution in [-0.2, 0) is 6.18 Å². The van der Waals surface area contributed by atoms with Crippen molar-refractivity contribution in [2.45, 2.75) is 33.1 Å². The van der Waals surface area contributed by atoms with Crippen LogP contribution in [-0.4, -0.2) is 6.10 Å². The highest BCUT2D eigenvalue weighted by Gasteiger charge is 2.35. The molecule has 0 aliphatic rings. The first-order valence-electron chi connectivity index (χ1n) is 5.35. The van der Waals surface area contributed by atoms with Gasteiger partial charge in [0.1, 0.15) is 5.75 Å². The lowest BCUT2D eigenvalue weighted by Gasteiger charge is -2.21. The summed E-state index contributed by atoms with van der Waals surface area (Å²) in [5.74, 6) is -0.0402. The van der Waals surface area contributed by atoms with Gasteiger partial charge in [0.05, 0.1) is 11.7 Å². The normalized spacial score (nSPS) is 13.8. The van der Waals surface area contributed by atoms with Crippen LogP contribution < -0.4 is 10.5 Å². The maximum absolute atomic E-state index is 12.7. The van der Waals surface area contributed by atoms with E-state index in [1.807, 2.05) is 13.8 Å². The second-order valence-electron chi connectivity index (χ2n) is 4.32. The van der Waals surface area contributed by atoms with Crippen LogP contribution in [0.2, 0.25) is 0 Å². The van der Waals surface area contributed by atoms with Crippen LogP contribution >= 0.6 is 0 Å². The van der Waals surface area contributed by atoms with E-state index >= 15 is 0 Å². The summed E-state index contributed by atoms with van der Waals surface area (Å²) in [5.41, 5.74) is 4.60. The molecule has 2 N–H and O–H groups in total. The van der Waals surface area contributed by atoms with Crippen molar-refractivity contribution in [2.24, 2.45) is 5.92 Å². The van der Waals surface area contributed by atoms with Crippen molar-refractivity contribution in [3.63, 3.8) is 0 Å². The van der Waals surface area contributed by atoms with Crippen LogP contribution in [0.15, 0.2) is 18.2 Å². The Hall–Kier alpha value is -1.39. The molecule has 0 aliphatic heterocycles. The molecule has 5 heteroatoms. The highest BCUT2D eigenvalue weighted by molar-refractivity contribution is 5.49. The lowest BCUT2D eigenvalue weighted by atomic mass is 10.1. The number of rotatable bonds is 3. The molecular formula is C12H16F3NO. The summed E-state index contributed by atoms with van der Waals surface area (Å²) in [6.07, 6.45) is -4.75. The van der Waals surface area contributed by atoms with Crippen molar-refractivity contribution in [1.82, 2.24) is 0 Å². The maximum atomic E-state index is 12.7. The number of nitrogens with two attached hydrogens (primary N) is 1. The molecule has 0 bridgehead atoms. The highest BCUT2D eigenvalue weighted by Crippen LogP contribution is 2.38. The Balaban J connectivity index is 3.07. The number of alkyl halides is 3. The highest BCUT2D eigenvalue weighted by atomic mass is 19.4. The third kappa shape index (κ3) is 3.54. The minimum Gasteiger partial charge on any atom is -0.490 e. The van der Waals surface area contributed by atoms with Gasteiger partial charge in [0.25, 0.3) is 0 Å². The molecule has 1 rings (SSSR count). The smallest absolute Gasteiger partial charge is 0.420 e. The largest absolute Gasteiger partial charge is 0.490 e. The third-order valence-electron chi connectivity index (χ3n) is 2.56. The van der Waals surface area contributed by atoms with Crippen molar-refractivity contribution < 1.29 is 17.9 Å². The van der Waals surface area contributed by atoms with Gasteiger partial charge in [-0.2, -0.15) is 13.2 Å². The zero-order valence-electron chi connectivity index (χ0n) is 10.0. The Labute approximate surface area is 98.6 Å². The molecule has 0 aliphatic carbocycles. The molecule has 0 heterocycles. The average molecular weight is 247 g/mol. The molecule has 1 aromatic carbocycles. The Morgan fingerprint density at radius 2 is 1.76 bits per heavy atom. The molecule has 17 heavy (non-hydrogen) atoms. The molecule has 2 nitrogen and oxygen atoms in total. The molecule has 0 aromatic heterocycles. The summed E-state index contributed by atoms with van der Waals surface area (Å²) in [6.45, 7) is 5.51. The molecule has 1 atom stereocenters. The molecule has 0 saturated carbocycles. The van der Waals surface area contributed by atoms with Crippen LogP contribution in [0.4, 0.5) is 18.9 Å². The first-order valence-corrected chi connectivity index (χ1v) is 5.35. The van der Waals surface area contributed by atoms with Crippen LogP contribution in [0.3, 0.4) is 0 Å². The van der Waals surface area contributed by atoms with Gasteiger partial charge in [-0.15, -0.1) is 0 Å². The van der Waals surface area contributed by atoms with E-state index in [4.69, 9.17) is 10.5 Å². The predicted octanol–water partition coefficient (Wildman–Crippen LogP) is 3.71. The Kier molecular flexibility index (Phi) is 3.91. The second kappa shape index (κ2) is 4.85. The molecule has 1 aromatic rings. The standard InChI is InChI=1S/C12H16F3NO/c1-7(2)8(3)17-11-5-4-9(16)6-10(11)12(13,14)15/h4-8H,16H2,1-3H3. The van der Waals surface area contributed by atoms with Gasteiger partial charge in [-0.1, -0.05) is 13.8 Å². The molecule has 0 amide bonds. The van der Waals surface area contributed by atoms with Gasteiger partial charge in [-0.3, -0.25) is 0 Å². The van der Waals surface area contributed by atoms with E-state index in [0.29, 0.717) is 0 Å². The number of benzene rings is 1. The fraction of sp³-hybridized carbons (Fsp3) is 0.500. The van der Waals surface area contributed by atoms with Crippen LogP contribution in [0.5, 0.6) is 5.75 Å². The summed E-state index contributed by atoms with van der Waals surface area (Å²) < 4.78 is 43.5. The number of ether oxygens (including phenoxy) is 1. The van der Waals surface area contributed by atoms with Crippen molar-refractivity contribution in [2.75, 3.05) is 5.73 Å². The molecule has 96 valence electrons. The van der Waals surface area contributed by atoms with Gasteiger partial charge in [-0.05, 0) is 31.0 Å². The number of halogens is 3. The van der Waals surface area contributed by atoms with Gasteiger partial charge in [0.15, 0.2) is 0 Å². The summed E-state index contributed by atoms with van der Waals surface area (Å²) in [5, 5.41) is 0. The van der Waals surface area contributed by atoms with Crippen molar-refractivity contribution in [1.29, 1.82) is 0 Å². The second-order valence-corrected chi connectivity index (χ2v) is 4.32. The van der Waals surface area contributed by atoms with Crippen molar-refractivity contribution >= 4 is 5.69 Å². The fourth-order valence-corrected chi connectivity index (χ4v) is 1.21. The first kappa shape index (κ1) is 13.7. The Morgan fingerprint density at radius 1 is 1.18 bits per heavy atom. The zero-order chi connectivity index (χ0) is 13.2. The van der Waals surface area contributed by atoms with Crippen molar-refractivity contribution in [3.8, 4) is 5.75 Å². The van der Waals surface area contributed by atoms with Gasteiger partial charge < -0.3 is 10.5 Å². The van der Waals surface area contributed by atoms with Crippen molar-refractivity contribution in [3.05, 3.63) is 23.8 Å². The van der Waals surface area contributed by atoms with E-state index in [1.165, 1.54) is 12.1 Å². The van der Waals surface area contributed by atoms with Crippen LogP contribution in [0.1, 0.15) is 26.3 Å². The molecular weight excluding hydrogens is 231 g/mol. The fourth-order valence-electron chi connectivity index (χ4n) is 1.21. The Morgan fingerprint density at radius 3 is 2.24 bits per heavy atom. The maximum Gasteiger partial charge on any atom is 0.420 e. The quantitative estimate of drug-likeness (QED) is 0.826. The van der Waals surface area contributed by atoms with E-state index < -0.39 is 11.7 Å². The molecule has 0 fully saturated rings. The Bertz CT molecular complexity index is 388. The SMILES string of the molecule is CC(C)C(C)Oc1ccc(N)cc1C(F)(F)F. The van der Waals surface area contributed by atoms with E-state index in [9.17, 15) is 13.2 Å². The number of anilines is 1. The van der Waals surface area contributed by atoms with E-state index in [0.717, 1.165) is 6.07 Å². The van der Waals surface area contributed by atoms with E-state index in [-0.39, 0.29) is 23.5 Å². The monoisotopic (exact) mass is 247 g/mol. The molecule has 0 saturated heterocycles. The van der Waals surface area contributed by atoms with Gasteiger partial charge in [-0.25, -0.2) is 0 Å². The van der Waals surface area contributed by atoms with Crippen LogP contribution in [0.25, 0.3) is 0 Å². The lowest BCUT2D eigenvalue weighted by Crippen LogP contribution is -2.21. The van der Waals surface area contributed by atoms with Gasteiger partial charge in [0, 0.05) is 5.69 Å². The average Bonchev–Trinajstić information content (AvgIpc) is 2.18. The van der Waals surface area contributed by atoms with E-state index in [2.05, 4.69) is 0 Å². The topological polar surface area (TPSA) is 35.2 Å². The molecule has 0 spiro atoms. The number of hydrogen-bond donors (Lipinski definition) is 1. The summed E-state index contributed by atoms with van der Waals surface area (Å²) >= 11 is 0. The zero-order valence-corrected chi connectivity index (χ0v) is 10.0. The van der Waals surface area contributed by atoms with E-state index in [1.54, 1.807) is 6.92 Å². The molecule has 1 unspecified atom stereocenters. The summed E-state index contributed by atoms with van der Waals surface area (Å²) in [6, 6.07) is 3.55. The number of nitrogen functional groups attached to an aromatic ring is 1.